The first-order chi connectivity index (χ1) is 10.0. The molecule has 0 radical (unpaired) electrons. The fraction of sp³-hybridized carbons (Fsp3) is 0.444. The van der Waals surface area contributed by atoms with Crippen LogP contribution in [0.5, 0.6) is 0 Å². The highest BCUT2D eigenvalue weighted by Gasteiger charge is 2.10. The molecule has 21 heavy (non-hydrogen) atoms. The first-order valence-corrected chi connectivity index (χ1v) is 10.9. The zero-order valence-corrected chi connectivity index (χ0v) is 14.4. The van der Waals surface area contributed by atoms with Crippen LogP contribution < -0.4 is 0 Å². The van der Waals surface area contributed by atoms with E-state index in [1.165, 1.54) is 5.56 Å². The van der Waals surface area contributed by atoms with Gasteiger partial charge in [-0.1, -0.05) is 62.0 Å². The minimum absolute atomic E-state index is 0.0644. The minimum Gasteiger partial charge on any atom is -0.377 e. The summed E-state index contributed by atoms with van der Waals surface area (Å²) in [6.45, 7) is 12.2. The lowest BCUT2D eigenvalue weighted by atomic mass is 10.2. The van der Waals surface area contributed by atoms with E-state index in [1.807, 2.05) is 18.2 Å². The van der Waals surface area contributed by atoms with Crippen LogP contribution in [0.3, 0.4) is 0 Å². The van der Waals surface area contributed by atoms with E-state index >= 15 is 0 Å². The lowest BCUT2D eigenvalue weighted by molar-refractivity contribution is 0.0587. The van der Waals surface area contributed by atoms with Gasteiger partial charge in [-0.25, -0.2) is 0 Å². The van der Waals surface area contributed by atoms with E-state index in [9.17, 15) is 0 Å². The van der Waals surface area contributed by atoms with E-state index in [4.69, 9.17) is 9.47 Å². The SMILES string of the molecule is C=CCOC(C#C[Si](C)(C)C)CCOCc1ccccc1. The zero-order chi connectivity index (χ0) is 15.6. The van der Waals surface area contributed by atoms with Crippen molar-refractivity contribution in [2.24, 2.45) is 0 Å². The molecule has 0 aliphatic carbocycles. The van der Waals surface area contributed by atoms with Gasteiger partial charge in [-0.05, 0) is 5.56 Å². The molecule has 0 aromatic heterocycles. The summed E-state index contributed by atoms with van der Waals surface area (Å²) in [6, 6.07) is 10.2. The summed E-state index contributed by atoms with van der Waals surface area (Å²) in [5, 5.41) is 0. The average molecular weight is 302 g/mol. The van der Waals surface area contributed by atoms with E-state index in [2.05, 4.69) is 49.8 Å². The highest BCUT2D eigenvalue weighted by molar-refractivity contribution is 6.83. The molecule has 2 nitrogen and oxygen atoms in total. The Morgan fingerprint density at radius 1 is 1.24 bits per heavy atom. The number of ether oxygens (including phenoxy) is 2. The minimum atomic E-state index is -1.37. The van der Waals surface area contributed by atoms with Crippen LogP contribution in [-0.4, -0.2) is 27.4 Å². The summed E-state index contributed by atoms with van der Waals surface area (Å²) >= 11 is 0. The van der Waals surface area contributed by atoms with Gasteiger partial charge in [0, 0.05) is 6.42 Å². The lowest BCUT2D eigenvalue weighted by Crippen LogP contribution is -2.20. The zero-order valence-electron chi connectivity index (χ0n) is 13.4. The van der Waals surface area contributed by atoms with Gasteiger partial charge >= 0.3 is 0 Å². The monoisotopic (exact) mass is 302 g/mol. The lowest BCUT2D eigenvalue weighted by Gasteiger charge is -2.13. The molecule has 0 saturated carbocycles. The van der Waals surface area contributed by atoms with Crippen molar-refractivity contribution in [3.8, 4) is 11.5 Å². The second-order valence-electron chi connectivity index (χ2n) is 5.96. The van der Waals surface area contributed by atoms with Crippen LogP contribution in [0.25, 0.3) is 0 Å². The molecule has 1 unspecified atom stereocenters. The van der Waals surface area contributed by atoms with Crippen molar-refractivity contribution in [2.45, 2.75) is 38.8 Å². The molecule has 0 spiro atoms. The molecule has 0 bridgehead atoms. The predicted octanol–water partition coefficient (Wildman–Crippen LogP) is 4.05. The topological polar surface area (TPSA) is 18.5 Å². The Bertz CT molecular complexity index is 465. The number of hydrogen-bond acceptors (Lipinski definition) is 2. The van der Waals surface area contributed by atoms with Crippen LogP contribution in [-0.2, 0) is 16.1 Å². The summed E-state index contributed by atoms with van der Waals surface area (Å²) in [5.41, 5.74) is 4.55. The summed E-state index contributed by atoms with van der Waals surface area (Å²) in [7, 11) is -1.37. The van der Waals surface area contributed by atoms with Crippen molar-refractivity contribution in [3.05, 3.63) is 48.6 Å². The second-order valence-corrected chi connectivity index (χ2v) is 10.7. The molecule has 0 fully saturated rings. The fourth-order valence-corrected chi connectivity index (χ4v) is 2.23. The molecule has 1 atom stereocenters. The van der Waals surface area contributed by atoms with Crippen LogP contribution in [0.2, 0.25) is 19.6 Å². The van der Waals surface area contributed by atoms with Gasteiger partial charge in [0.25, 0.3) is 0 Å². The van der Waals surface area contributed by atoms with Gasteiger partial charge in [0.2, 0.25) is 0 Å². The summed E-state index contributed by atoms with van der Waals surface area (Å²) < 4.78 is 11.4. The normalized spacial score (nSPS) is 12.3. The van der Waals surface area contributed by atoms with E-state index in [0.717, 1.165) is 6.42 Å². The third-order valence-corrected chi connectivity index (χ3v) is 3.55. The Balaban J connectivity index is 2.38. The molecule has 1 aromatic rings. The van der Waals surface area contributed by atoms with Gasteiger partial charge in [-0.2, -0.15) is 0 Å². The molecular weight excluding hydrogens is 276 g/mol. The van der Waals surface area contributed by atoms with Crippen LogP contribution in [0.1, 0.15) is 12.0 Å². The molecule has 0 saturated heterocycles. The summed E-state index contributed by atoms with van der Waals surface area (Å²) in [4.78, 5) is 0. The Hall–Kier alpha value is -1.34. The molecule has 114 valence electrons. The third kappa shape index (κ3) is 9.25. The Labute approximate surface area is 130 Å². The Morgan fingerprint density at radius 3 is 2.57 bits per heavy atom. The molecule has 0 aliphatic heterocycles. The van der Waals surface area contributed by atoms with E-state index < -0.39 is 8.07 Å². The highest BCUT2D eigenvalue weighted by atomic mass is 28.3. The van der Waals surface area contributed by atoms with E-state index in [-0.39, 0.29) is 6.10 Å². The van der Waals surface area contributed by atoms with Crippen molar-refractivity contribution in [1.82, 2.24) is 0 Å². The molecule has 0 N–H and O–H groups in total. The van der Waals surface area contributed by atoms with Crippen LogP contribution in [0, 0.1) is 11.5 Å². The number of rotatable bonds is 8. The molecule has 0 aliphatic rings. The van der Waals surface area contributed by atoms with Crippen molar-refractivity contribution in [3.63, 3.8) is 0 Å². The largest absolute Gasteiger partial charge is 0.377 e. The Morgan fingerprint density at radius 2 is 1.95 bits per heavy atom. The molecule has 0 heterocycles. The molecule has 1 rings (SSSR count). The smallest absolute Gasteiger partial charge is 0.129 e. The van der Waals surface area contributed by atoms with Crippen LogP contribution >= 0.6 is 0 Å². The fourth-order valence-electron chi connectivity index (χ4n) is 1.63. The van der Waals surface area contributed by atoms with Gasteiger partial charge in [0.1, 0.15) is 14.2 Å². The predicted molar refractivity (Wildman–Crippen MR) is 91.8 cm³/mol. The van der Waals surface area contributed by atoms with Crippen LogP contribution in [0.4, 0.5) is 0 Å². The van der Waals surface area contributed by atoms with Crippen molar-refractivity contribution in [1.29, 1.82) is 0 Å². The molecular formula is C18H26O2Si. The van der Waals surface area contributed by atoms with E-state index in [1.54, 1.807) is 6.08 Å². The quantitative estimate of drug-likeness (QED) is 0.312. The molecule has 3 heteroatoms. The maximum Gasteiger partial charge on any atom is 0.129 e. The molecule has 0 amide bonds. The van der Waals surface area contributed by atoms with Crippen molar-refractivity contribution in [2.75, 3.05) is 13.2 Å². The average Bonchev–Trinajstić information content (AvgIpc) is 2.45. The number of benzene rings is 1. The number of hydrogen-bond donors (Lipinski definition) is 0. The van der Waals surface area contributed by atoms with Gasteiger partial charge in [0.05, 0.1) is 19.8 Å². The van der Waals surface area contributed by atoms with E-state index in [0.29, 0.717) is 19.8 Å². The van der Waals surface area contributed by atoms with Crippen molar-refractivity contribution < 1.29 is 9.47 Å². The maximum absolute atomic E-state index is 5.70. The van der Waals surface area contributed by atoms with Crippen LogP contribution in [0.15, 0.2) is 43.0 Å². The van der Waals surface area contributed by atoms with Gasteiger partial charge in [-0.15, -0.1) is 12.1 Å². The van der Waals surface area contributed by atoms with Gasteiger partial charge in [0.15, 0.2) is 0 Å². The first kappa shape index (κ1) is 17.7. The maximum atomic E-state index is 5.70. The Kier molecular flexibility index (Phi) is 8.07. The summed E-state index contributed by atoms with van der Waals surface area (Å²) in [5.74, 6) is 3.25. The highest BCUT2D eigenvalue weighted by Crippen LogP contribution is 2.05. The van der Waals surface area contributed by atoms with Gasteiger partial charge in [-0.3, -0.25) is 0 Å². The third-order valence-electron chi connectivity index (χ3n) is 2.66. The van der Waals surface area contributed by atoms with Crippen molar-refractivity contribution >= 4 is 8.07 Å². The molecule has 1 aromatic carbocycles. The standard InChI is InChI=1S/C18H26O2Si/c1-5-13-20-18(12-15-21(2,3)4)11-14-19-16-17-9-7-6-8-10-17/h5-10,18H,1,11,13-14,16H2,2-4H3. The summed E-state index contributed by atoms with van der Waals surface area (Å²) in [6.07, 6.45) is 2.48. The first-order valence-electron chi connectivity index (χ1n) is 7.38. The van der Waals surface area contributed by atoms with Gasteiger partial charge < -0.3 is 9.47 Å². The second kappa shape index (κ2) is 9.57.